The first-order chi connectivity index (χ1) is 15.9. The molecule has 1 amide bonds. The Bertz CT molecular complexity index is 1170. The predicted molar refractivity (Wildman–Crippen MR) is 124 cm³/mol. The van der Waals surface area contributed by atoms with Crippen LogP contribution in [-0.4, -0.2) is 76.0 Å². The van der Waals surface area contributed by atoms with Crippen molar-refractivity contribution in [1.82, 2.24) is 24.3 Å². The highest BCUT2D eigenvalue weighted by Crippen LogP contribution is 2.43. The number of fused-ring (bicyclic) bond motifs is 1. The third-order valence-electron chi connectivity index (χ3n) is 6.80. The molecule has 1 unspecified atom stereocenters. The van der Waals surface area contributed by atoms with Gasteiger partial charge in [0.1, 0.15) is 11.6 Å². The molecule has 8 nitrogen and oxygen atoms in total. The number of rotatable bonds is 5. The molecule has 2 aromatic heterocycles. The quantitative estimate of drug-likeness (QED) is 0.560. The number of imidazole rings is 1. The first kappa shape index (κ1) is 21.6. The van der Waals surface area contributed by atoms with Crippen LogP contribution in [0, 0.1) is 5.41 Å². The van der Waals surface area contributed by atoms with Crippen LogP contribution in [-0.2, 0) is 16.1 Å². The first-order valence-electron chi connectivity index (χ1n) is 11.4. The standard InChI is InChI=1S/C25H29N5O3/c1-28(2)16-20-13-25(24(32)33-20)8-10-29(11-9-25)23(31)19-12-21-22(26-14-19)30(17-27-21)15-18-6-4-3-5-7-18/h3-7,12,14,17,20H,8-11,13,15-16H2,1-2H3. The maximum atomic E-state index is 13.2. The zero-order valence-corrected chi connectivity index (χ0v) is 19.1. The fraction of sp³-hybridized carbons (Fsp3) is 0.440. The number of amides is 1. The summed E-state index contributed by atoms with van der Waals surface area (Å²) >= 11 is 0. The minimum Gasteiger partial charge on any atom is -0.461 e. The second kappa shape index (κ2) is 8.59. The summed E-state index contributed by atoms with van der Waals surface area (Å²) in [5, 5.41) is 0. The number of carbonyl (C=O) groups excluding carboxylic acids is 2. The van der Waals surface area contributed by atoms with Gasteiger partial charge in [-0.3, -0.25) is 9.59 Å². The smallest absolute Gasteiger partial charge is 0.312 e. The van der Waals surface area contributed by atoms with Gasteiger partial charge in [0, 0.05) is 32.3 Å². The largest absolute Gasteiger partial charge is 0.461 e. The molecule has 0 radical (unpaired) electrons. The van der Waals surface area contributed by atoms with Crippen LogP contribution in [0.5, 0.6) is 0 Å². The number of hydrogen-bond donors (Lipinski definition) is 0. The number of aromatic nitrogens is 3. The summed E-state index contributed by atoms with van der Waals surface area (Å²) in [6.07, 6.45) is 5.35. The Kier molecular flexibility index (Phi) is 5.62. The summed E-state index contributed by atoms with van der Waals surface area (Å²) in [6.45, 7) is 2.50. The molecule has 0 saturated carbocycles. The molecule has 172 valence electrons. The van der Waals surface area contributed by atoms with Gasteiger partial charge >= 0.3 is 5.97 Å². The number of nitrogens with zero attached hydrogens (tertiary/aromatic N) is 5. The molecule has 2 aliphatic rings. The van der Waals surface area contributed by atoms with E-state index in [2.05, 4.69) is 22.1 Å². The maximum absolute atomic E-state index is 13.2. The van der Waals surface area contributed by atoms with Crippen molar-refractivity contribution in [2.75, 3.05) is 33.7 Å². The lowest BCUT2D eigenvalue weighted by Crippen LogP contribution is -2.45. The molecule has 0 bridgehead atoms. The lowest BCUT2D eigenvalue weighted by molar-refractivity contribution is -0.150. The van der Waals surface area contributed by atoms with Gasteiger partial charge in [0.15, 0.2) is 5.65 Å². The Labute approximate surface area is 193 Å². The van der Waals surface area contributed by atoms with Crippen molar-refractivity contribution in [3.63, 3.8) is 0 Å². The van der Waals surface area contributed by atoms with Gasteiger partial charge in [-0.05, 0) is 38.6 Å². The van der Waals surface area contributed by atoms with Gasteiger partial charge < -0.3 is 19.1 Å². The normalized spacial score (nSPS) is 20.0. The number of pyridine rings is 1. The Hall–Kier alpha value is -3.26. The van der Waals surface area contributed by atoms with Gasteiger partial charge in [0.05, 0.1) is 23.9 Å². The van der Waals surface area contributed by atoms with E-state index in [4.69, 9.17) is 4.74 Å². The van der Waals surface area contributed by atoms with Gasteiger partial charge in [-0.25, -0.2) is 9.97 Å². The zero-order valence-electron chi connectivity index (χ0n) is 19.1. The number of likely N-dealkylation sites (N-methyl/N-ethyl adjacent to an activating group) is 1. The van der Waals surface area contributed by atoms with E-state index in [1.165, 1.54) is 5.56 Å². The van der Waals surface area contributed by atoms with Crippen molar-refractivity contribution < 1.29 is 14.3 Å². The third-order valence-corrected chi connectivity index (χ3v) is 6.80. The van der Waals surface area contributed by atoms with E-state index in [1.807, 2.05) is 52.7 Å². The lowest BCUT2D eigenvalue weighted by Gasteiger charge is -2.36. The average Bonchev–Trinajstić information content (AvgIpc) is 3.34. The van der Waals surface area contributed by atoms with E-state index in [0.717, 1.165) is 18.6 Å². The van der Waals surface area contributed by atoms with E-state index in [1.54, 1.807) is 12.5 Å². The van der Waals surface area contributed by atoms with Crippen molar-refractivity contribution in [1.29, 1.82) is 0 Å². The minimum atomic E-state index is -0.449. The van der Waals surface area contributed by atoms with Crippen LogP contribution in [0.25, 0.3) is 11.2 Å². The summed E-state index contributed by atoms with van der Waals surface area (Å²) < 4.78 is 7.62. The molecular formula is C25H29N5O3. The highest BCUT2D eigenvalue weighted by Gasteiger charge is 2.50. The fourth-order valence-electron chi connectivity index (χ4n) is 5.04. The van der Waals surface area contributed by atoms with Crippen molar-refractivity contribution in [2.45, 2.75) is 31.9 Å². The number of ether oxygens (including phenoxy) is 1. The van der Waals surface area contributed by atoms with Crippen molar-refractivity contribution >= 4 is 23.0 Å². The molecule has 3 aromatic rings. The van der Waals surface area contributed by atoms with Crippen LogP contribution in [0.1, 0.15) is 35.2 Å². The lowest BCUT2D eigenvalue weighted by atomic mass is 9.76. The molecule has 1 atom stereocenters. The van der Waals surface area contributed by atoms with Crippen LogP contribution >= 0.6 is 0 Å². The van der Waals surface area contributed by atoms with Gasteiger partial charge in [-0.15, -0.1) is 0 Å². The van der Waals surface area contributed by atoms with Gasteiger partial charge in [-0.1, -0.05) is 30.3 Å². The van der Waals surface area contributed by atoms with Gasteiger partial charge in [-0.2, -0.15) is 0 Å². The summed E-state index contributed by atoms with van der Waals surface area (Å²) in [5.41, 5.74) is 2.71. The van der Waals surface area contributed by atoms with Crippen molar-refractivity contribution in [3.8, 4) is 0 Å². The number of cyclic esters (lactones) is 1. The number of benzene rings is 1. The molecule has 1 spiro atoms. The van der Waals surface area contributed by atoms with E-state index in [-0.39, 0.29) is 18.0 Å². The highest BCUT2D eigenvalue weighted by atomic mass is 16.6. The average molecular weight is 448 g/mol. The van der Waals surface area contributed by atoms with Crippen LogP contribution in [0.3, 0.4) is 0 Å². The van der Waals surface area contributed by atoms with E-state index >= 15 is 0 Å². The summed E-state index contributed by atoms with van der Waals surface area (Å²) in [4.78, 5) is 38.6. The molecule has 2 aliphatic heterocycles. The Morgan fingerprint density at radius 3 is 2.67 bits per heavy atom. The monoisotopic (exact) mass is 447 g/mol. The SMILES string of the molecule is CN(C)CC1CC2(CCN(C(=O)c3cnc4c(c3)ncn4Cc3ccccc3)CC2)C(=O)O1. The Balaban J connectivity index is 1.26. The number of likely N-dealkylation sites (tertiary alicyclic amines) is 1. The van der Waals surface area contributed by atoms with Crippen LogP contribution in [0.4, 0.5) is 0 Å². The Morgan fingerprint density at radius 1 is 1.18 bits per heavy atom. The zero-order chi connectivity index (χ0) is 23.0. The number of hydrogen-bond acceptors (Lipinski definition) is 6. The summed E-state index contributed by atoms with van der Waals surface area (Å²) in [7, 11) is 3.96. The van der Waals surface area contributed by atoms with Crippen molar-refractivity contribution in [3.05, 3.63) is 60.0 Å². The van der Waals surface area contributed by atoms with Crippen LogP contribution < -0.4 is 0 Å². The number of piperidine rings is 1. The number of esters is 1. The van der Waals surface area contributed by atoms with Crippen LogP contribution in [0.15, 0.2) is 48.9 Å². The molecule has 8 heteroatoms. The topological polar surface area (TPSA) is 80.6 Å². The summed E-state index contributed by atoms with van der Waals surface area (Å²) in [6, 6.07) is 12.0. The van der Waals surface area contributed by atoms with Crippen molar-refractivity contribution in [2.24, 2.45) is 5.41 Å². The third kappa shape index (κ3) is 4.23. The van der Waals surface area contributed by atoms with E-state index in [0.29, 0.717) is 43.6 Å². The molecule has 2 fully saturated rings. The summed E-state index contributed by atoms with van der Waals surface area (Å²) in [5.74, 6) is -0.165. The molecule has 2 saturated heterocycles. The molecule has 4 heterocycles. The second-order valence-electron chi connectivity index (χ2n) is 9.49. The molecule has 5 rings (SSSR count). The van der Waals surface area contributed by atoms with E-state index < -0.39 is 5.41 Å². The minimum absolute atomic E-state index is 0.0620. The predicted octanol–water partition coefficient (Wildman–Crippen LogP) is 2.58. The second-order valence-corrected chi connectivity index (χ2v) is 9.49. The molecule has 0 N–H and O–H groups in total. The molecule has 1 aromatic carbocycles. The van der Waals surface area contributed by atoms with E-state index in [9.17, 15) is 9.59 Å². The molecular weight excluding hydrogens is 418 g/mol. The molecule has 33 heavy (non-hydrogen) atoms. The first-order valence-corrected chi connectivity index (χ1v) is 11.4. The Morgan fingerprint density at radius 2 is 1.94 bits per heavy atom. The van der Waals surface area contributed by atoms with Gasteiger partial charge in [0.25, 0.3) is 5.91 Å². The molecule has 0 aliphatic carbocycles. The highest BCUT2D eigenvalue weighted by molar-refractivity contribution is 5.96. The number of carbonyl (C=O) groups is 2. The van der Waals surface area contributed by atoms with Crippen LogP contribution in [0.2, 0.25) is 0 Å². The van der Waals surface area contributed by atoms with Gasteiger partial charge in [0.2, 0.25) is 0 Å². The fourth-order valence-corrected chi connectivity index (χ4v) is 5.04. The maximum Gasteiger partial charge on any atom is 0.312 e.